The molecule has 0 fully saturated rings. The molecule has 0 aromatic heterocycles. The molecule has 0 amide bonds. The third-order valence-electron chi connectivity index (χ3n) is 12.5. The summed E-state index contributed by atoms with van der Waals surface area (Å²) in [6.45, 7) is 7.89. The molecule has 0 aliphatic heterocycles. The fourth-order valence-corrected chi connectivity index (χ4v) is 55.1. The Labute approximate surface area is 238 Å². The molecule has 0 saturated carbocycles. The van der Waals surface area contributed by atoms with Crippen molar-refractivity contribution in [1.29, 1.82) is 0 Å². The Morgan fingerprint density at radius 2 is 1.12 bits per heavy atom. The van der Waals surface area contributed by atoms with Gasteiger partial charge in [0.2, 0.25) is 0 Å². The first-order chi connectivity index (χ1) is 19.2. The van der Waals surface area contributed by atoms with Crippen LogP contribution in [-0.4, -0.2) is 5.92 Å². The third-order valence-corrected chi connectivity index (χ3v) is 75.9. The van der Waals surface area contributed by atoms with Crippen LogP contribution in [0.1, 0.15) is 51.2 Å². The van der Waals surface area contributed by atoms with Crippen LogP contribution in [0.3, 0.4) is 0 Å². The van der Waals surface area contributed by atoms with Crippen LogP contribution in [-0.2, 0) is 16.5 Å². The van der Waals surface area contributed by atoms with E-state index in [2.05, 4.69) is 157 Å². The Balaban J connectivity index is 1.60. The number of hydrogen-bond donors (Lipinski definition) is 0. The predicted molar refractivity (Wildman–Crippen MR) is 175 cm³/mol. The van der Waals surface area contributed by atoms with Crippen LogP contribution >= 0.6 is 0 Å². The quantitative estimate of drug-likeness (QED) is 0.196. The molecule has 4 aromatic carbocycles. The van der Waals surface area contributed by atoms with Crippen molar-refractivity contribution in [3.63, 3.8) is 0 Å². The molecule has 0 saturated heterocycles. The van der Waals surface area contributed by atoms with Crippen molar-refractivity contribution in [2.24, 2.45) is 0 Å². The molecular formula is C38H40SiZr. The summed E-state index contributed by atoms with van der Waals surface area (Å²) >= 11 is -4.64. The second kappa shape index (κ2) is 8.60. The number of benzene rings is 4. The molecule has 0 radical (unpaired) electrons. The number of rotatable bonds is 5. The van der Waals surface area contributed by atoms with Gasteiger partial charge in [-0.15, -0.1) is 0 Å². The van der Waals surface area contributed by atoms with E-state index in [1.807, 2.05) is 0 Å². The molecule has 4 aromatic rings. The van der Waals surface area contributed by atoms with E-state index >= 15 is 0 Å². The van der Waals surface area contributed by atoms with Gasteiger partial charge in [0.15, 0.2) is 0 Å². The summed E-state index contributed by atoms with van der Waals surface area (Å²) in [4.78, 5) is 0. The second-order valence-electron chi connectivity index (χ2n) is 14.4. The van der Waals surface area contributed by atoms with Gasteiger partial charge in [-0.3, -0.25) is 0 Å². The Bertz CT molecular complexity index is 1700. The molecule has 0 heterocycles. The van der Waals surface area contributed by atoms with Crippen molar-refractivity contribution in [2.75, 3.05) is 0 Å². The molecule has 0 nitrogen and oxygen atoms in total. The molecule has 3 unspecified atom stereocenters. The van der Waals surface area contributed by atoms with Crippen molar-refractivity contribution in [3.8, 4) is 11.1 Å². The normalized spacial score (nSPS) is 22.4. The van der Waals surface area contributed by atoms with E-state index in [-0.39, 0.29) is 0 Å². The van der Waals surface area contributed by atoms with Gasteiger partial charge in [-0.2, -0.15) is 0 Å². The van der Waals surface area contributed by atoms with Crippen molar-refractivity contribution in [3.05, 3.63) is 148 Å². The van der Waals surface area contributed by atoms with Crippen molar-refractivity contribution in [1.82, 2.24) is 0 Å². The van der Waals surface area contributed by atoms with Gasteiger partial charge < -0.3 is 0 Å². The van der Waals surface area contributed by atoms with Gasteiger partial charge in [0.25, 0.3) is 0 Å². The standard InChI is InChI=1S/C16H13.2C9H7.C2H7Si.2CH3.Zr/c1-12-10-14-8-5-9-15(16(14)11-12)13-6-3-2-4-7-13;2*1-2-5-9-7-3-6-8(9)4-1;1-3-2;;;/h2-11H,1H3;2*1-7H;3H,1-2H3;2*1H3;. The molecule has 3 aliphatic carbocycles. The van der Waals surface area contributed by atoms with E-state index in [1.54, 1.807) is 22.3 Å². The molecule has 7 rings (SSSR count). The maximum absolute atomic E-state index is 4.64. The van der Waals surface area contributed by atoms with Gasteiger partial charge in [-0.25, -0.2) is 0 Å². The summed E-state index contributed by atoms with van der Waals surface area (Å²) in [6.07, 6.45) is 12.8. The monoisotopic (exact) mass is 614 g/mol. The Hall–Kier alpha value is -2.80. The van der Waals surface area contributed by atoms with Gasteiger partial charge in [0.05, 0.1) is 0 Å². The first-order valence-electron chi connectivity index (χ1n) is 15.0. The minimum absolute atomic E-state index is 0.466. The van der Waals surface area contributed by atoms with Gasteiger partial charge in [0.1, 0.15) is 0 Å². The van der Waals surface area contributed by atoms with E-state index in [0.717, 1.165) is 0 Å². The van der Waals surface area contributed by atoms with Crippen LogP contribution in [0, 0.1) is 0 Å². The van der Waals surface area contributed by atoms with Crippen LogP contribution in [0.2, 0.25) is 22.4 Å². The van der Waals surface area contributed by atoms with E-state index in [1.165, 1.54) is 27.8 Å². The van der Waals surface area contributed by atoms with Crippen LogP contribution in [0.25, 0.3) is 29.4 Å². The molecule has 0 spiro atoms. The number of fused-ring (bicyclic) bond motifs is 3. The fourth-order valence-electron chi connectivity index (χ4n) is 9.83. The summed E-state index contributed by atoms with van der Waals surface area (Å²) in [5, 5.41) is 0. The summed E-state index contributed by atoms with van der Waals surface area (Å²) in [6, 6.07) is 36.8. The fraction of sp³-hybridized carbons (Fsp3) is 0.211. The molecule has 40 heavy (non-hydrogen) atoms. The zero-order valence-electron chi connectivity index (χ0n) is 24.4. The summed E-state index contributed by atoms with van der Waals surface area (Å²) in [5.41, 5.74) is 13.3. The first kappa shape index (κ1) is 26.1. The van der Waals surface area contributed by atoms with E-state index in [4.69, 9.17) is 0 Å². The van der Waals surface area contributed by atoms with Gasteiger partial charge in [0, 0.05) is 0 Å². The zero-order chi connectivity index (χ0) is 27.8. The Kier molecular flexibility index (Phi) is 5.62. The molecule has 2 heteroatoms. The Morgan fingerprint density at radius 1 is 0.600 bits per heavy atom. The van der Waals surface area contributed by atoms with Gasteiger partial charge >= 0.3 is 240 Å². The zero-order valence-corrected chi connectivity index (χ0v) is 28.0. The average molecular weight is 616 g/mol. The van der Waals surface area contributed by atoms with E-state index < -0.39 is 22.4 Å². The van der Waals surface area contributed by atoms with Gasteiger partial charge in [-0.05, 0) is 0 Å². The topological polar surface area (TPSA) is 0 Å². The van der Waals surface area contributed by atoms with E-state index in [0.29, 0.717) is 10.9 Å². The molecule has 3 atom stereocenters. The minimum atomic E-state index is -4.64. The molecule has 0 bridgehead atoms. The van der Waals surface area contributed by atoms with Crippen molar-refractivity contribution in [2.45, 2.75) is 40.2 Å². The van der Waals surface area contributed by atoms with Crippen LogP contribution in [0.15, 0.2) is 115 Å². The number of hydrogen-bond acceptors (Lipinski definition) is 0. The summed E-state index contributed by atoms with van der Waals surface area (Å²) in [7, 11) is 0. The van der Waals surface area contributed by atoms with Crippen LogP contribution in [0.4, 0.5) is 0 Å². The molecule has 3 aliphatic rings. The molecule has 0 N–H and O–H groups in total. The van der Waals surface area contributed by atoms with Crippen molar-refractivity contribution >= 4 is 24.2 Å². The van der Waals surface area contributed by atoms with Gasteiger partial charge in [-0.1, -0.05) is 0 Å². The SMILES string of the molecule is CC1=Cc2c(-c3ccccc3)cccc2[CH]1[Zr]([CH3])([CH3])([CH]1C=Cc2ccccc21)([CH]1C=Cc2ccccc21)[SiH](C)C. The third kappa shape index (κ3) is 3.10. The maximum atomic E-state index is 2.93. The molecular weight excluding hydrogens is 576 g/mol. The number of allylic oxidation sites excluding steroid dienone is 3. The van der Waals surface area contributed by atoms with E-state index in [9.17, 15) is 0 Å². The predicted octanol–water partition coefficient (Wildman–Crippen LogP) is 10.7. The van der Waals surface area contributed by atoms with Crippen molar-refractivity contribution < 1.29 is 16.5 Å². The Morgan fingerprint density at radius 3 is 1.70 bits per heavy atom. The molecule has 200 valence electrons. The summed E-state index contributed by atoms with van der Waals surface area (Å²) in [5.74, 6) is -1.36. The second-order valence-corrected chi connectivity index (χ2v) is 61.2. The van der Waals surface area contributed by atoms with Crippen LogP contribution < -0.4 is 0 Å². The first-order valence-corrected chi connectivity index (χ1v) is 31.3. The van der Waals surface area contributed by atoms with Crippen LogP contribution in [0.5, 0.6) is 0 Å². The average Bonchev–Trinajstić information content (AvgIpc) is 3.69. The summed E-state index contributed by atoms with van der Waals surface area (Å²) < 4.78 is 7.28.